The summed E-state index contributed by atoms with van der Waals surface area (Å²) in [5, 5.41) is 9.02. The third kappa shape index (κ3) is 5.68. The Labute approximate surface area is 224 Å². The number of rotatable bonds is 7. The lowest BCUT2D eigenvalue weighted by Gasteiger charge is -2.31. The molecule has 0 spiro atoms. The van der Waals surface area contributed by atoms with Crippen LogP contribution in [0.3, 0.4) is 0 Å². The summed E-state index contributed by atoms with van der Waals surface area (Å²) in [6.07, 6.45) is 8.82. The molecule has 3 aromatic carbocycles. The Bertz CT molecular complexity index is 1310. The zero-order chi connectivity index (χ0) is 26.6. The maximum absolute atomic E-state index is 15.7. The molecule has 0 N–H and O–H groups in total. The van der Waals surface area contributed by atoms with E-state index < -0.39 is 5.82 Å². The van der Waals surface area contributed by atoms with Gasteiger partial charge >= 0.3 is 0 Å². The van der Waals surface area contributed by atoms with E-state index in [2.05, 4.69) is 13.0 Å². The van der Waals surface area contributed by atoms with Crippen LogP contribution in [0.1, 0.15) is 103 Å². The summed E-state index contributed by atoms with van der Waals surface area (Å²) in [5.41, 5.74) is 5.40. The maximum atomic E-state index is 15.7. The highest BCUT2D eigenvalue weighted by Crippen LogP contribution is 2.44. The van der Waals surface area contributed by atoms with Gasteiger partial charge in [0.25, 0.3) is 0 Å². The Balaban J connectivity index is 1.22. The van der Waals surface area contributed by atoms with Crippen molar-refractivity contribution in [2.75, 3.05) is 0 Å². The highest BCUT2D eigenvalue weighted by molar-refractivity contribution is 5.40. The Hall–Kier alpha value is -3.06. The van der Waals surface area contributed by atoms with E-state index in [1.807, 2.05) is 36.4 Å². The summed E-state index contributed by atoms with van der Waals surface area (Å²) in [6, 6.07) is 17.0. The monoisotopic (exact) mass is 515 g/mol. The van der Waals surface area contributed by atoms with E-state index in [1.165, 1.54) is 5.56 Å². The molecule has 3 aromatic rings. The van der Waals surface area contributed by atoms with Crippen LogP contribution >= 0.6 is 0 Å². The van der Waals surface area contributed by atoms with Crippen LogP contribution in [-0.2, 0) is 25.7 Å². The predicted molar refractivity (Wildman–Crippen MR) is 146 cm³/mol. The van der Waals surface area contributed by atoms with Crippen molar-refractivity contribution in [2.45, 2.75) is 89.4 Å². The molecule has 2 aliphatic rings. The predicted octanol–water partition coefficient (Wildman–Crippen LogP) is 9.11. The van der Waals surface area contributed by atoms with Crippen LogP contribution in [0.25, 0.3) is 0 Å². The smallest absolute Gasteiger partial charge is 0.133 e. The molecule has 1 atom stereocenters. The summed E-state index contributed by atoms with van der Waals surface area (Å²) in [4.78, 5) is 0. The zero-order valence-corrected chi connectivity index (χ0v) is 22.2. The minimum atomic E-state index is -0.402. The zero-order valence-electron chi connectivity index (χ0n) is 22.2. The number of fused-ring (bicyclic) bond motifs is 1. The Morgan fingerprint density at radius 2 is 1.58 bits per heavy atom. The van der Waals surface area contributed by atoms with Gasteiger partial charge in [0, 0.05) is 5.56 Å². The summed E-state index contributed by atoms with van der Waals surface area (Å²) in [5.74, 6) is -0.269. The third-order valence-electron chi connectivity index (χ3n) is 8.88. The number of aryl methyl sites for hydroxylation is 2. The molecule has 5 rings (SSSR count). The van der Waals surface area contributed by atoms with Crippen molar-refractivity contribution in [1.82, 2.24) is 0 Å². The van der Waals surface area contributed by atoms with Crippen LogP contribution < -0.4 is 0 Å². The number of halogens is 3. The summed E-state index contributed by atoms with van der Waals surface area (Å²) >= 11 is 0. The lowest BCUT2D eigenvalue weighted by atomic mass is 9.74. The van der Waals surface area contributed by atoms with Gasteiger partial charge in [0.2, 0.25) is 0 Å². The van der Waals surface area contributed by atoms with E-state index in [-0.39, 0.29) is 23.1 Å². The summed E-state index contributed by atoms with van der Waals surface area (Å²) in [6.45, 7) is 2.09. The van der Waals surface area contributed by atoms with Gasteiger partial charge in [-0.05, 0) is 134 Å². The molecule has 0 amide bonds. The molecule has 0 saturated heterocycles. The fourth-order valence-electron chi connectivity index (χ4n) is 6.70. The van der Waals surface area contributed by atoms with E-state index >= 15 is 8.78 Å². The van der Waals surface area contributed by atoms with Crippen molar-refractivity contribution in [3.05, 3.63) is 105 Å². The number of hydrogen-bond acceptors (Lipinski definition) is 1. The van der Waals surface area contributed by atoms with E-state index in [0.29, 0.717) is 42.2 Å². The molecule has 0 heterocycles. The SMILES string of the molecule is CCCc1ccc(CCC2CCc3c(cc(F)c(C4CCC(c5ccc(C#N)cc5)CC4)c3F)C2)c(F)c1. The Kier molecular flexibility index (Phi) is 8.22. The average Bonchev–Trinajstić information content (AvgIpc) is 2.93. The van der Waals surface area contributed by atoms with Gasteiger partial charge in [-0.1, -0.05) is 37.6 Å². The second-order valence-electron chi connectivity index (χ2n) is 11.3. The van der Waals surface area contributed by atoms with Gasteiger partial charge in [0.1, 0.15) is 17.5 Å². The van der Waals surface area contributed by atoms with Crippen molar-refractivity contribution < 1.29 is 13.2 Å². The third-order valence-corrected chi connectivity index (χ3v) is 8.88. The molecule has 0 bridgehead atoms. The lowest BCUT2D eigenvalue weighted by Crippen LogP contribution is -2.20. The fourth-order valence-corrected chi connectivity index (χ4v) is 6.70. The molecule has 1 saturated carbocycles. The largest absolute Gasteiger partial charge is 0.207 e. The first-order valence-electron chi connectivity index (χ1n) is 14.2. The minimum absolute atomic E-state index is 0.0914. The van der Waals surface area contributed by atoms with Crippen LogP contribution in [-0.4, -0.2) is 0 Å². The quantitative estimate of drug-likeness (QED) is 0.308. The molecule has 38 heavy (non-hydrogen) atoms. The molecule has 198 valence electrons. The Morgan fingerprint density at radius 3 is 2.26 bits per heavy atom. The molecule has 0 aromatic heterocycles. The van der Waals surface area contributed by atoms with Crippen LogP contribution in [0.2, 0.25) is 0 Å². The van der Waals surface area contributed by atoms with Crippen molar-refractivity contribution in [1.29, 1.82) is 5.26 Å². The normalized spacial score (nSPS) is 21.1. The van der Waals surface area contributed by atoms with Gasteiger partial charge in [0.05, 0.1) is 11.6 Å². The van der Waals surface area contributed by atoms with E-state index in [1.54, 1.807) is 12.1 Å². The number of nitriles is 1. The van der Waals surface area contributed by atoms with Crippen LogP contribution in [0, 0.1) is 34.7 Å². The molecule has 1 fully saturated rings. The van der Waals surface area contributed by atoms with Crippen molar-refractivity contribution in [3.8, 4) is 6.07 Å². The van der Waals surface area contributed by atoms with Crippen LogP contribution in [0.15, 0.2) is 48.5 Å². The van der Waals surface area contributed by atoms with E-state index in [4.69, 9.17) is 5.26 Å². The van der Waals surface area contributed by atoms with Crippen molar-refractivity contribution in [3.63, 3.8) is 0 Å². The van der Waals surface area contributed by atoms with Gasteiger partial charge < -0.3 is 0 Å². The number of nitrogens with zero attached hydrogens (tertiary/aromatic N) is 1. The van der Waals surface area contributed by atoms with Gasteiger partial charge in [-0.2, -0.15) is 5.26 Å². The van der Waals surface area contributed by atoms with Gasteiger partial charge in [-0.15, -0.1) is 0 Å². The minimum Gasteiger partial charge on any atom is -0.207 e. The molecular weight excluding hydrogens is 479 g/mol. The standard InChI is InChI=1S/C34H36F3N/c1-2-3-22-4-11-27(31(35)19-22)12-5-23-8-17-30-29(18-23)20-32(36)33(34(30)37)28-15-13-26(14-16-28)25-9-6-24(21-38)7-10-25/h4,6-7,9-11,19-20,23,26,28H,2-3,5,8,12-18H2,1H3. The molecule has 1 unspecified atom stereocenters. The molecule has 4 heteroatoms. The maximum Gasteiger partial charge on any atom is 0.133 e. The molecule has 2 aliphatic carbocycles. The first-order chi connectivity index (χ1) is 18.5. The van der Waals surface area contributed by atoms with Crippen molar-refractivity contribution in [2.24, 2.45) is 5.92 Å². The first kappa shape index (κ1) is 26.5. The molecule has 1 nitrogen and oxygen atoms in total. The highest BCUT2D eigenvalue weighted by atomic mass is 19.1. The van der Waals surface area contributed by atoms with E-state index in [9.17, 15) is 4.39 Å². The number of hydrogen-bond donors (Lipinski definition) is 0. The number of benzene rings is 3. The summed E-state index contributed by atoms with van der Waals surface area (Å²) in [7, 11) is 0. The van der Waals surface area contributed by atoms with Gasteiger partial charge in [0.15, 0.2) is 0 Å². The van der Waals surface area contributed by atoms with Gasteiger partial charge in [-0.25, -0.2) is 13.2 Å². The Morgan fingerprint density at radius 1 is 0.842 bits per heavy atom. The topological polar surface area (TPSA) is 23.8 Å². The first-order valence-corrected chi connectivity index (χ1v) is 14.2. The van der Waals surface area contributed by atoms with Crippen LogP contribution in [0.5, 0.6) is 0 Å². The molecule has 0 aliphatic heterocycles. The second-order valence-corrected chi connectivity index (χ2v) is 11.3. The summed E-state index contributed by atoms with van der Waals surface area (Å²) < 4.78 is 45.6. The average molecular weight is 516 g/mol. The fraction of sp³-hybridized carbons (Fsp3) is 0.441. The lowest BCUT2D eigenvalue weighted by molar-refractivity contribution is 0.369. The van der Waals surface area contributed by atoms with E-state index in [0.717, 1.165) is 68.1 Å². The van der Waals surface area contributed by atoms with Crippen LogP contribution in [0.4, 0.5) is 13.2 Å². The molecular formula is C34H36F3N. The highest BCUT2D eigenvalue weighted by Gasteiger charge is 2.31. The van der Waals surface area contributed by atoms with Gasteiger partial charge in [-0.3, -0.25) is 0 Å². The molecule has 0 radical (unpaired) electrons. The second kappa shape index (κ2) is 11.8. The van der Waals surface area contributed by atoms with Crippen molar-refractivity contribution >= 4 is 0 Å².